The van der Waals surface area contributed by atoms with Gasteiger partial charge in [-0.05, 0) is 42.7 Å². The van der Waals surface area contributed by atoms with Crippen molar-refractivity contribution in [1.82, 2.24) is 5.32 Å². The summed E-state index contributed by atoms with van der Waals surface area (Å²) in [7, 11) is -3.76. The first-order valence-electron chi connectivity index (χ1n) is 7.45. The number of para-hydroxylation sites is 1. The van der Waals surface area contributed by atoms with Crippen LogP contribution in [0.4, 0.5) is 5.69 Å². The van der Waals surface area contributed by atoms with Gasteiger partial charge in [0.2, 0.25) is 10.0 Å². The summed E-state index contributed by atoms with van der Waals surface area (Å²) in [4.78, 5) is 23.9. The van der Waals surface area contributed by atoms with Gasteiger partial charge in [0.05, 0.1) is 4.90 Å². The van der Waals surface area contributed by atoms with Crippen molar-refractivity contribution in [3.05, 3.63) is 59.2 Å². The average molecular weight is 361 g/mol. The van der Waals surface area contributed by atoms with Crippen LogP contribution in [0.5, 0.6) is 0 Å². The summed E-state index contributed by atoms with van der Waals surface area (Å²) in [6.07, 6.45) is 0. The quantitative estimate of drug-likeness (QED) is 0.709. The minimum absolute atomic E-state index is 0.0182. The Morgan fingerprint density at radius 2 is 1.52 bits per heavy atom. The first-order chi connectivity index (χ1) is 11.7. The maximum Gasteiger partial charge on any atom is 0.313 e. The van der Waals surface area contributed by atoms with E-state index >= 15 is 0 Å². The molecular formula is C17H19N3O4S. The Bertz CT molecular complexity index is 886. The number of carbonyl (C=O) groups is 2. The lowest BCUT2D eigenvalue weighted by atomic mass is 10.1. The minimum atomic E-state index is -3.76. The van der Waals surface area contributed by atoms with Crippen molar-refractivity contribution in [2.75, 3.05) is 5.32 Å². The number of benzene rings is 2. The van der Waals surface area contributed by atoms with E-state index in [9.17, 15) is 18.0 Å². The van der Waals surface area contributed by atoms with Crippen molar-refractivity contribution in [3.8, 4) is 0 Å². The minimum Gasteiger partial charge on any atom is -0.344 e. The molecule has 2 aromatic rings. The molecule has 0 atom stereocenters. The zero-order valence-corrected chi connectivity index (χ0v) is 14.7. The normalized spacial score (nSPS) is 11.0. The van der Waals surface area contributed by atoms with Gasteiger partial charge < -0.3 is 10.6 Å². The zero-order valence-electron chi connectivity index (χ0n) is 13.9. The van der Waals surface area contributed by atoms with Gasteiger partial charge in [0, 0.05) is 12.2 Å². The summed E-state index contributed by atoms with van der Waals surface area (Å²) in [6, 6.07) is 11.3. The van der Waals surface area contributed by atoms with Crippen molar-refractivity contribution < 1.29 is 18.0 Å². The van der Waals surface area contributed by atoms with Crippen LogP contribution < -0.4 is 15.8 Å². The summed E-state index contributed by atoms with van der Waals surface area (Å²) in [5, 5.41) is 10.1. The number of anilines is 1. The molecule has 0 radical (unpaired) electrons. The fourth-order valence-electron chi connectivity index (χ4n) is 2.24. The van der Waals surface area contributed by atoms with E-state index in [-0.39, 0.29) is 11.4 Å². The van der Waals surface area contributed by atoms with Gasteiger partial charge in [0.15, 0.2) is 0 Å². The third-order valence-electron chi connectivity index (χ3n) is 3.63. The second kappa shape index (κ2) is 7.45. The van der Waals surface area contributed by atoms with E-state index in [4.69, 9.17) is 5.14 Å². The summed E-state index contributed by atoms with van der Waals surface area (Å²) in [5.74, 6) is -1.54. The Morgan fingerprint density at radius 3 is 2.04 bits per heavy atom. The Kier molecular flexibility index (Phi) is 5.55. The number of nitrogens with one attached hydrogen (secondary N) is 2. The molecule has 0 heterocycles. The van der Waals surface area contributed by atoms with E-state index in [1.54, 1.807) is 0 Å². The van der Waals surface area contributed by atoms with Gasteiger partial charge in [-0.15, -0.1) is 0 Å². The number of hydrogen-bond acceptors (Lipinski definition) is 4. The summed E-state index contributed by atoms with van der Waals surface area (Å²) < 4.78 is 22.4. The van der Waals surface area contributed by atoms with Crippen LogP contribution in [0.15, 0.2) is 47.4 Å². The van der Waals surface area contributed by atoms with Crippen molar-refractivity contribution in [1.29, 1.82) is 0 Å². The van der Waals surface area contributed by atoms with Crippen LogP contribution in [-0.4, -0.2) is 20.2 Å². The SMILES string of the molecule is Cc1cccc(C)c1NC(=O)C(=O)NCc1ccc(S(N)(=O)=O)cc1. The van der Waals surface area contributed by atoms with E-state index < -0.39 is 21.8 Å². The highest BCUT2D eigenvalue weighted by molar-refractivity contribution is 7.89. The Morgan fingerprint density at radius 1 is 0.960 bits per heavy atom. The summed E-state index contributed by atoms with van der Waals surface area (Å²) in [6.45, 7) is 3.77. The molecule has 0 aliphatic heterocycles. The molecule has 0 aliphatic rings. The van der Waals surface area contributed by atoms with Gasteiger partial charge in [-0.3, -0.25) is 9.59 Å². The molecule has 0 spiro atoms. The predicted octanol–water partition coefficient (Wildman–Crippen LogP) is 1.21. The zero-order chi connectivity index (χ0) is 18.6. The third-order valence-corrected chi connectivity index (χ3v) is 4.56. The number of nitrogens with two attached hydrogens (primary N) is 1. The van der Waals surface area contributed by atoms with Gasteiger partial charge in [-0.1, -0.05) is 30.3 Å². The largest absolute Gasteiger partial charge is 0.344 e. The topological polar surface area (TPSA) is 118 Å². The van der Waals surface area contributed by atoms with Gasteiger partial charge in [0.25, 0.3) is 0 Å². The molecule has 0 fully saturated rings. The van der Waals surface area contributed by atoms with E-state index in [1.807, 2.05) is 32.0 Å². The second-order valence-corrected chi connectivity index (χ2v) is 7.15. The smallest absolute Gasteiger partial charge is 0.313 e. The predicted molar refractivity (Wildman–Crippen MR) is 94.2 cm³/mol. The number of hydrogen-bond donors (Lipinski definition) is 3. The molecule has 2 rings (SSSR count). The highest BCUT2D eigenvalue weighted by atomic mass is 32.2. The van der Waals surface area contributed by atoms with Crippen LogP contribution in [0.25, 0.3) is 0 Å². The fourth-order valence-corrected chi connectivity index (χ4v) is 2.76. The molecule has 2 aromatic carbocycles. The molecule has 8 heteroatoms. The van der Waals surface area contributed by atoms with E-state index in [2.05, 4.69) is 10.6 Å². The maximum atomic E-state index is 12.0. The van der Waals surface area contributed by atoms with Crippen LogP contribution in [-0.2, 0) is 26.2 Å². The van der Waals surface area contributed by atoms with Crippen LogP contribution in [0.3, 0.4) is 0 Å². The first kappa shape index (κ1) is 18.6. The molecule has 0 aliphatic carbocycles. The van der Waals surface area contributed by atoms with Crippen LogP contribution in [0.2, 0.25) is 0 Å². The lowest BCUT2D eigenvalue weighted by Gasteiger charge is -2.11. The third kappa shape index (κ3) is 4.88. The molecule has 7 nitrogen and oxygen atoms in total. The molecule has 0 unspecified atom stereocenters. The van der Waals surface area contributed by atoms with Crippen LogP contribution in [0, 0.1) is 13.8 Å². The van der Waals surface area contributed by atoms with Crippen molar-refractivity contribution in [2.24, 2.45) is 5.14 Å². The molecule has 4 N–H and O–H groups in total. The second-order valence-electron chi connectivity index (χ2n) is 5.59. The molecule has 25 heavy (non-hydrogen) atoms. The summed E-state index contributed by atoms with van der Waals surface area (Å²) >= 11 is 0. The Labute approximate surface area is 146 Å². The lowest BCUT2D eigenvalue weighted by molar-refractivity contribution is -0.136. The number of carbonyl (C=O) groups excluding carboxylic acids is 2. The number of rotatable bonds is 4. The molecule has 0 aromatic heterocycles. The van der Waals surface area contributed by atoms with Gasteiger partial charge in [-0.25, -0.2) is 13.6 Å². The van der Waals surface area contributed by atoms with Gasteiger partial charge in [0.1, 0.15) is 0 Å². The highest BCUT2D eigenvalue weighted by Crippen LogP contribution is 2.19. The number of primary sulfonamides is 1. The number of sulfonamides is 1. The maximum absolute atomic E-state index is 12.0. The fraction of sp³-hybridized carbons (Fsp3) is 0.176. The van der Waals surface area contributed by atoms with Gasteiger partial charge >= 0.3 is 11.8 Å². The van der Waals surface area contributed by atoms with Crippen molar-refractivity contribution in [2.45, 2.75) is 25.3 Å². The molecule has 132 valence electrons. The van der Waals surface area contributed by atoms with E-state index in [0.29, 0.717) is 11.3 Å². The van der Waals surface area contributed by atoms with Crippen molar-refractivity contribution in [3.63, 3.8) is 0 Å². The average Bonchev–Trinajstić information content (AvgIpc) is 2.55. The van der Waals surface area contributed by atoms with Gasteiger partial charge in [-0.2, -0.15) is 0 Å². The molecule has 0 saturated carbocycles. The molecule has 0 bridgehead atoms. The summed E-state index contributed by atoms with van der Waals surface area (Å²) in [5.41, 5.74) is 2.97. The molecule has 0 saturated heterocycles. The number of aryl methyl sites for hydroxylation is 2. The van der Waals surface area contributed by atoms with Crippen LogP contribution >= 0.6 is 0 Å². The van der Waals surface area contributed by atoms with Crippen LogP contribution in [0.1, 0.15) is 16.7 Å². The Balaban J connectivity index is 1.97. The molecule has 2 amide bonds. The standard InChI is InChI=1S/C17H19N3O4S/c1-11-4-3-5-12(2)15(11)20-17(22)16(21)19-10-13-6-8-14(9-7-13)25(18,23)24/h3-9H,10H2,1-2H3,(H,19,21)(H,20,22)(H2,18,23,24). The highest BCUT2D eigenvalue weighted by Gasteiger charge is 2.15. The Hall–Kier alpha value is -2.71. The monoisotopic (exact) mass is 361 g/mol. The molecular weight excluding hydrogens is 342 g/mol. The van der Waals surface area contributed by atoms with Crippen molar-refractivity contribution >= 4 is 27.5 Å². The lowest BCUT2D eigenvalue weighted by Crippen LogP contribution is -2.35. The van der Waals surface area contributed by atoms with E-state index in [1.165, 1.54) is 24.3 Å². The van der Waals surface area contributed by atoms with E-state index in [0.717, 1.165) is 11.1 Å². The number of amides is 2. The first-order valence-corrected chi connectivity index (χ1v) is 9.00.